The zero-order valence-corrected chi connectivity index (χ0v) is 25.1. The second-order valence-electron chi connectivity index (χ2n) is 9.75. The fourth-order valence-corrected chi connectivity index (χ4v) is 5.64. The van der Waals surface area contributed by atoms with Crippen LogP contribution in [0.15, 0.2) is 114 Å². The van der Waals surface area contributed by atoms with Crippen molar-refractivity contribution in [1.82, 2.24) is 10.2 Å². The Bertz CT molecular complexity index is 1680. The number of nitrogens with one attached hydrogen (secondary N) is 1. The van der Waals surface area contributed by atoms with E-state index in [4.69, 9.17) is 26.8 Å². The Labute approximate surface area is 264 Å². The third kappa shape index (κ3) is 7.91. The fraction of sp³-hybridized carbons (Fsp3) is 0.118. The molecule has 5 rings (SSSR count). The Morgan fingerprint density at radius 2 is 1.52 bits per heavy atom. The number of rotatable bonds is 12. The first-order valence-electron chi connectivity index (χ1n) is 13.7. The van der Waals surface area contributed by atoms with E-state index in [-0.39, 0.29) is 21.7 Å². The van der Waals surface area contributed by atoms with Gasteiger partial charge in [-0.1, -0.05) is 121 Å². The number of carbonyl (C=O) groups excluding carboxylic acids is 2. The van der Waals surface area contributed by atoms with E-state index in [0.717, 1.165) is 27.8 Å². The molecule has 0 spiro atoms. The van der Waals surface area contributed by atoms with E-state index in [1.54, 1.807) is 24.3 Å². The average Bonchev–Trinajstić information content (AvgIpc) is 3.30. The Morgan fingerprint density at radius 1 is 0.886 bits per heavy atom. The molecular formula is C34H28N2O6S2. The van der Waals surface area contributed by atoms with Gasteiger partial charge in [0.25, 0.3) is 11.8 Å². The van der Waals surface area contributed by atoms with Crippen LogP contribution in [0.4, 0.5) is 0 Å². The van der Waals surface area contributed by atoms with E-state index in [2.05, 4.69) is 5.32 Å². The summed E-state index contributed by atoms with van der Waals surface area (Å²) in [6, 6.07) is 33.5. The van der Waals surface area contributed by atoms with Crippen LogP contribution in [0.2, 0.25) is 0 Å². The summed E-state index contributed by atoms with van der Waals surface area (Å²) in [7, 11) is 0. The lowest BCUT2D eigenvalue weighted by molar-refractivity contribution is -0.140. The minimum Gasteiger partial charge on any atom is -0.485 e. The van der Waals surface area contributed by atoms with Crippen LogP contribution in [0.3, 0.4) is 0 Å². The van der Waals surface area contributed by atoms with E-state index in [9.17, 15) is 14.4 Å². The van der Waals surface area contributed by atoms with Crippen LogP contribution in [0.1, 0.15) is 28.4 Å². The molecule has 2 N–H and O–H groups in total. The molecule has 1 heterocycles. The highest BCUT2D eigenvalue weighted by molar-refractivity contribution is 8.26. The van der Waals surface area contributed by atoms with Crippen molar-refractivity contribution in [2.45, 2.75) is 19.3 Å². The molecule has 0 aliphatic carbocycles. The van der Waals surface area contributed by atoms with E-state index in [1.165, 1.54) is 0 Å². The number of nitrogens with zero attached hydrogens (tertiary/aromatic N) is 1. The van der Waals surface area contributed by atoms with Gasteiger partial charge in [-0.05, 0) is 34.9 Å². The number of carboxylic acids is 1. The van der Waals surface area contributed by atoms with Crippen molar-refractivity contribution < 1.29 is 29.0 Å². The summed E-state index contributed by atoms with van der Waals surface area (Å²) in [6.45, 7) is 0.0715. The van der Waals surface area contributed by atoms with Crippen LogP contribution >= 0.6 is 24.0 Å². The summed E-state index contributed by atoms with van der Waals surface area (Å²) in [4.78, 5) is 39.0. The lowest BCUT2D eigenvalue weighted by Gasteiger charge is -2.21. The fourth-order valence-electron chi connectivity index (χ4n) is 4.39. The van der Waals surface area contributed by atoms with Crippen LogP contribution in [-0.4, -0.2) is 38.7 Å². The Morgan fingerprint density at radius 3 is 2.18 bits per heavy atom. The van der Waals surface area contributed by atoms with Gasteiger partial charge in [-0.2, -0.15) is 0 Å². The van der Waals surface area contributed by atoms with Gasteiger partial charge in [-0.15, -0.1) is 0 Å². The summed E-state index contributed by atoms with van der Waals surface area (Å²) >= 11 is 6.26. The maximum Gasteiger partial charge on any atom is 0.323 e. The predicted octanol–water partition coefficient (Wildman–Crippen LogP) is 5.99. The zero-order valence-electron chi connectivity index (χ0n) is 23.4. The largest absolute Gasteiger partial charge is 0.485 e. The number of carbonyl (C=O) groups is 3. The number of aliphatic carboxylic acids is 1. The van der Waals surface area contributed by atoms with Gasteiger partial charge >= 0.3 is 5.97 Å². The molecule has 1 fully saturated rings. The molecule has 44 heavy (non-hydrogen) atoms. The Balaban J connectivity index is 1.46. The quantitative estimate of drug-likeness (QED) is 0.146. The number of hydrogen-bond donors (Lipinski definition) is 2. The molecule has 2 amide bonds. The molecular weight excluding hydrogens is 597 g/mol. The van der Waals surface area contributed by atoms with Crippen molar-refractivity contribution in [3.8, 4) is 11.5 Å². The topological polar surface area (TPSA) is 105 Å². The molecule has 0 radical (unpaired) electrons. The number of carboxylic acid groups (broad SMARTS) is 1. The smallest absolute Gasteiger partial charge is 0.323 e. The number of benzene rings is 4. The highest BCUT2D eigenvalue weighted by Crippen LogP contribution is 2.37. The van der Waals surface area contributed by atoms with Gasteiger partial charge in [0.15, 0.2) is 11.5 Å². The molecule has 10 heteroatoms. The second kappa shape index (κ2) is 14.5. The standard InChI is InChI=1S/C34H28N2O6S2/c37-30(38)21-36-33(40)29(44-34(36)43)19-25-16-17-27(41-22-24-12-6-2-7-13-24)28(18-25)42-31(26-14-8-3-9-15-26)32(39)35-20-23-10-4-1-5-11-23/h1-19,31H,20-22H2,(H,35,39)(H,37,38)/b29-19-. The van der Waals surface area contributed by atoms with Crippen LogP contribution in [0.5, 0.6) is 11.5 Å². The van der Waals surface area contributed by atoms with Crippen molar-refractivity contribution in [3.05, 3.63) is 136 Å². The van der Waals surface area contributed by atoms with Gasteiger partial charge in [0.05, 0.1) is 4.91 Å². The van der Waals surface area contributed by atoms with Gasteiger partial charge < -0.3 is 19.9 Å². The Hall–Kier alpha value is -4.93. The number of thiocarbonyl (C=S) groups is 1. The summed E-state index contributed by atoms with van der Waals surface area (Å²) in [5.41, 5.74) is 3.12. The normalized spacial score (nSPS) is 14.4. The van der Waals surface area contributed by atoms with Crippen LogP contribution in [0, 0.1) is 0 Å². The molecule has 0 aromatic heterocycles. The van der Waals surface area contributed by atoms with Gasteiger partial charge in [0.2, 0.25) is 6.10 Å². The third-order valence-corrected chi connectivity index (χ3v) is 7.94. The number of ether oxygens (including phenoxy) is 2. The van der Waals surface area contributed by atoms with Crippen LogP contribution in [-0.2, 0) is 27.5 Å². The monoisotopic (exact) mass is 624 g/mol. The van der Waals surface area contributed by atoms with Gasteiger partial charge in [-0.3, -0.25) is 19.3 Å². The molecule has 1 atom stereocenters. The number of thioether (sulfide) groups is 1. The molecule has 4 aromatic carbocycles. The Kier molecular flexibility index (Phi) is 10.1. The maximum absolute atomic E-state index is 13.6. The summed E-state index contributed by atoms with van der Waals surface area (Å²) < 4.78 is 12.7. The van der Waals surface area contributed by atoms with Crippen molar-refractivity contribution in [2.75, 3.05) is 6.54 Å². The van der Waals surface area contributed by atoms with Crippen LogP contribution < -0.4 is 14.8 Å². The lowest BCUT2D eigenvalue weighted by Crippen LogP contribution is -2.33. The number of hydrogen-bond acceptors (Lipinski definition) is 7. The molecule has 1 aliphatic rings. The van der Waals surface area contributed by atoms with Crippen LogP contribution in [0.25, 0.3) is 6.08 Å². The van der Waals surface area contributed by atoms with Gasteiger partial charge in [0.1, 0.15) is 17.5 Å². The van der Waals surface area contributed by atoms with Crippen molar-refractivity contribution in [2.24, 2.45) is 0 Å². The summed E-state index contributed by atoms with van der Waals surface area (Å²) in [5, 5.41) is 12.1. The van der Waals surface area contributed by atoms with Crippen molar-refractivity contribution >= 4 is 52.2 Å². The van der Waals surface area contributed by atoms with E-state index < -0.39 is 24.5 Å². The molecule has 1 saturated heterocycles. The molecule has 222 valence electrons. The first-order chi connectivity index (χ1) is 21.4. The van der Waals surface area contributed by atoms with Gasteiger partial charge in [-0.25, -0.2) is 0 Å². The van der Waals surface area contributed by atoms with Crippen molar-refractivity contribution in [3.63, 3.8) is 0 Å². The van der Waals surface area contributed by atoms with Gasteiger partial charge in [0, 0.05) is 12.1 Å². The predicted molar refractivity (Wildman–Crippen MR) is 173 cm³/mol. The minimum absolute atomic E-state index is 0.169. The lowest BCUT2D eigenvalue weighted by atomic mass is 10.1. The third-order valence-electron chi connectivity index (χ3n) is 6.56. The van der Waals surface area contributed by atoms with E-state index >= 15 is 0 Å². The second-order valence-corrected chi connectivity index (χ2v) is 11.4. The maximum atomic E-state index is 13.6. The van der Waals surface area contributed by atoms with E-state index in [0.29, 0.717) is 29.2 Å². The van der Waals surface area contributed by atoms with E-state index in [1.807, 2.05) is 91.0 Å². The number of amides is 2. The first-order valence-corrected chi connectivity index (χ1v) is 14.9. The SMILES string of the molecule is O=C(O)CN1C(=O)/C(=C/c2ccc(OCc3ccccc3)c(OC(C(=O)NCc3ccccc3)c3ccccc3)c2)SC1=S. The average molecular weight is 625 g/mol. The molecule has 1 unspecified atom stereocenters. The minimum atomic E-state index is -1.16. The first kappa shape index (κ1) is 30.5. The molecule has 4 aromatic rings. The molecule has 0 bridgehead atoms. The molecule has 1 aliphatic heterocycles. The highest BCUT2D eigenvalue weighted by Gasteiger charge is 2.33. The highest BCUT2D eigenvalue weighted by atomic mass is 32.2. The molecule has 8 nitrogen and oxygen atoms in total. The molecule has 0 saturated carbocycles. The summed E-state index contributed by atoms with van der Waals surface area (Å²) in [6.07, 6.45) is 0.602. The zero-order chi connectivity index (χ0) is 30.9. The summed E-state index contributed by atoms with van der Waals surface area (Å²) in [5.74, 6) is -1.29. The van der Waals surface area contributed by atoms with Crippen molar-refractivity contribution in [1.29, 1.82) is 0 Å².